The van der Waals surface area contributed by atoms with E-state index in [1.807, 2.05) is 24.3 Å². The van der Waals surface area contributed by atoms with Gasteiger partial charge in [-0.2, -0.15) is 5.10 Å². The number of aromatic nitrogens is 2. The van der Waals surface area contributed by atoms with E-state index < -0.39 is 0 Å². The number of nitrogens with zero attached hydrogens (tertiary/aromatic N) is 2. The lowest BCUT2D eigenvalue weighted by Gasteiger charge is -2.03. The molecule has 5 heteroatoms. The van der Waals surface area contributed by atoms with Gasteiger partial charge in [-0.05, 0) is 48.5 Å². The van der Waals surface area contributed by atoms with Crippen LogP contribution in [0.4, 0.5) is 4.39 Å². The maximum absolute atomic E-state index is 13.0. The van der Waals surface area contributed by atoms with Gasteiger partial charge < -0.3 is 4.74 Å². The predicted molar refractivity (Wildman–Crippen MR) is 80.9 cm³/mol. The van der Waals surface area contributed by atoms with Crippen molar-refractivity contribution in [2.75, 3.05) is 7.11 Å². The van der Waals surface area contributed by atoms with Gasteiger partial charge in [-0.1, -0.05) is 0 Å². The number of benzene rings is 2. The van der Waals surface area contributed by atoms with Gasteiger partial charge in [0.05, 0.1) is 18.4 Å². The molecule has 2 aromatic carbocycles. The predicted octanol–water partition coefficient (Wildman–Crippen LogP) is 3.50. The smallest absolute Gasteiger partial charge is 0.153 e. The number of halogens is 1. The molecule has 0 unspecified atom stereocenters. The third-order valence-corrected chi connectivity index (χ3v) is 3.32. The fraction of sp³-hybridized carbons (Fsp3) is 0.0588. The molecule has 0 spiro atoms. The summed E-state index contributed by atoms with van der Waals surface area (Å²) in [6.45, 7) is 0. The lowest BCUT2D eigenvalue weighted by molar-refractivity contribution is 0.112. The fourth-order valence-electron chi connectivity index (χ4n) is 2.17. The Bertz CT molecular complexity index is 793. The first-order valence-corrected chi connectivity index (χ1v) is 6.66. The zero-order valence-corrected chi connectivity index (χ0v) is 11.9. The van der Waals surface area contributed by atoms with E-state index in [-0.39, 0.29) is 5.82 Å². The molecule has 3 aromatic rings. The van der Waals surface area contributed by atoms with E-state index in [1.54, 1.807) is 30.1 Å². The second kappa shape index (κ2) is 5.81. The number of carbonyl (C=O) groups is 1. The SMILES string of the molecule is COc1ccc(-n2cc(C=O)c(-c3ccc(F)cc3)n2)cc1. The number of ether oxygens (including phenoxy) is 1. The Labute approximate surface area is 126 Å². The van der Waals surface area contributed by atoms with E-state index in [0.717, 1.165) is 17.7 Å². The van der Waals surface area contributed by atoms with Gasteiger partial charge in [-0.15, -0.1) is 0 Å². The second-order valence-corrected chi connectivity index (χ2v) is 4.70. The highest BCUT2D eigenvalue weighted by molar-refractivity contribution is 5.85. The molecule has 0 fully saturated rings. The molecule has 22 heavy (non-hydrogen) atoms. The van der Waals surface area contributed by atoms with Crippen molar-refractivity contribution in [2.45, 2.75) is 0 Å². The standard InChI is InChI=1S/C17H13FN2O2/c1-22-16-8-6-15(7-9-16)20-10-13(11-21)17(19-20)12-2-4-14(18)5-3-12/h2-11H,1H3. The monoisotopic (exact) mass is 296 g/mol. The molecule has 0 N–H and O–H groups in total. The van der Waals surface area contributed by atoms with Gasteiger partial charge in [-0.3, -0.25) is 4.79 Å². The molecule has 0 aliphatic carbocycles. The number of carbonyl (C=O) groups excluding carboxylic acids is 1. The van der Waals surface area contributed by atoms with Crippen LogP contribution in [0.2, 0.25) is 0 Å². The highest BCUT2D eigenvalue weighted by atomic mass is 19.1. The summed E-state index contributed by atoms with van der Waals surface area (Å²) >= 11 is 0. The van der Waals surface area contributed by atoms with Crippen LogP contribution < -0.4 is 4.74 Å². The molecule has 110 valence electrons. The van der Waals surface area contributed by atoms with Crippen molar-refractivity contribution < 1.29 is 13.9 Å². The van der Waals surface area contributed by atoms with Crippen LogP contribution in [0.1, 0.15) is 10.4 Å². The normalized spacial score (nSPS) is 10.5. The quantitative estimate of drug-likeness (QED) is 0.692. The zero-order chi connectivity index (χ0) is 15.5. The topological polar surface area (TPSA) is 44.1 Å². The molecule has 0 atom stereocenters. The van der Waals surface area contributed by atoms with Gasteiger partial charge >= 0.3 is 0 Å². The van der Waals surface area contributed by atoms with Crippen LogP contribution >= 0.6 is 0 Å². The minimum atomic E-state index is -0.328. The van der Waals surface area contributed by atoms with Crippen LogP contribution in [-0.2, 0) is 0 Å². The van der Waals surface area contributed by atoms with Gasteiger partial charge in [-0.25, -0.2) is 9.07 Å². The van der Waals surface area contributed by atoms with E-state index in [0.29, 0.717) is 16.8 Å². The third-order valence-electron chi connectivity index (χ3n) is 3.32. The van der Waals surface area contributed by atoms with Gasteiger partial charge in [0.2, 0.25) is 0 Å². The molecule has 0 radical (unpaired) electrons. The van der Waals surface area contributed by atoms with Crippen molar-refractivity contribution in [1.82, 2.24) is 9.78 Å². The second-order valence-electron chi connectivity index (χ2n) is 4.70. The van der Waals surface area contributed by atoms with E-state index in [1.165, 1.54) is 12.1 Å². The van der Waals surface area contributed by atoms with Crippen molar-refractivity contribution >= 4 is 6.29 Å². The van der Waals surface area contributed by atoms with Crippen LogP contribution in [0.25, 0.3) is 16.9 Å². The molecule has 1 heterocycles. The maximum atomic E-state index is 13.0. The first kappa shape index (κ1) is 14.0. The van der Waals surface area contributed by atoms with Crippen molar-refractivity contribution in [3.63, 3.8) is 0 Å². The molecular formula is C17H13FN2O2. The summed E-state index contributed by atoms with van der Waals surface area (Å²) in [6.07, 6.45) is 2.39. The summed E-state index contributed by atoms with van der Waals surface area (Å²) in [5.41, 5.74) is 2.46. The van der Waals surface area contributed by atoms with Crippen LogP contribution in [-0.4, -0.2) is 23.2 Å². The van der Waals surface area contributed by atoms with E-state index in [4.69, 9.17) is 4.74 Å². The van der Waals surface area contributed by atoms with Gasteiger partial charge in [0.15, 0.2) is 6.29 Å². The summed E-state index contributed by atoms with van der Waals surface area (Å²) in [6, 6.07) is 13.2. The average Bonchev–Trinajstić information content (AvgIpc) is 3.00. The Kier molecular flexibility index (Phi) is 3.70. The summed E-state index contributed by atoms with van der Waals surface area (Å²) < 4.78 is 19.7. The van der Waals surface area contributed by atoms with Crippen LogP contribution in [0, 0.1) is 5.82 Å². The maximum Gasteiger partial charge on any atom is 0.153 e. The Morgan fingerprint density at radius 2 is 1.77 bits per heavy atom. The van der Waals surface area contributed by atoms with E-state index in [2.05, 4.69) is 5.10 Å². The van der Waals surface area contributed by atoms with Gasteiger partial charge in [0, 0.05) is 11.8 Å². The lowest BCUT2D eigenvalue weighted by Crippen LogP contribution is -1.95. The summed E-state index contributed by atoms with van der Waals surface area (Å²) in [5.74, 6) is 0.413. The first-order valence-electron chi connectivity index (χ1n) is 6.66. The fourth-order valence-corrected chi connectivity index (χ4v) is 2.17. The molecule has 4 nitrogen and oxygen atoms in total. The summed E-state index contributed by atoms with van der Waals surface area (Å²) in [5, 5.41) is 4.43. The Morgan fingerprint density at radius 1 is 1.09 bits per heavy atom. The Morgan fingerprint density at radius 3 is 2.36 bits per heavy atom. The van der Waals surface area contributed by atoms with Crippen LogP contribution in [0.5, 0.6) is 5.75 Å². The number of hydrogen-bond acceptors (Lipinski definition) is 3. The highest BCUT2D eigenvalue weighted by Crippen LogP contribution is 2.23. The lowest BCUT2D eigenvalue weighted by atomic mass is 10.1. The molecule has 0 amide bonds. The minimum Gasteiger partial charge on any atom is -0.497 e. The van der Waals surface area contributed by atoms with Crippen molar-refractivity contribution in [3.8, 4) is 22.7 Å². The molecule has 1 aromatic heterocycles. The number of hydrogen-bond donors (Lipinski definition) is 0. The number of methoxy groups -OCH3 is 1. The molecule has 0 saturated carbocycles. The molecule has 0 saturated heterocycles. The summed E-state index contributed by atoms with van der Waals surface area (Å²) in [4.78, 5) is 11.3. The van der Waals surface area contributed by atoms with Crippen molar-refractivity contribution in [1.29, 1.82) is 0 Å². The molecule has 0 aliphatic rings. The zero-order valence-electron chi connectivity index (χ0n) is 11.9. The number of rotatable bonds is 4. The van der Waals surface area contributed by atoms with Crippen LogP contribution in [0.3, 0.4) is 0 Å². The van der Waals surface area contributed by atoms with E-state index in [9.17, 15) is 9.18 Å². The van der Waals surface area contributed by atoms with Crippen molar-refractivity contribution in [3.05, 3.63) is 66.1 Å². The van der Waals surface area contributed by atoms with Gasteiger partial charge in [0.1, 0.15) is 17.3 Å². The average molecular weight is 296 g/mol. The molecule has 0 bridgehead atoms. The molecule has 3 rings (SSSR count). The Hall–Kier alpha value is -2.95. The van der Waals surface area contributed by atoms with Gasteiger partial charge in [0.25, 0.3) is 0 Å². The Balaban J connectivity index is 2.03. The van der Waals surface area contributed by atoms with Crippen molar-refractivity contribution in [2.24, 2.45) is 0 Å². The molecular weight excluding hydrogens is 283 g/mol. The van der Waals surface area contributed by atoms with E-state index >= 15 is 0 Å². The first-order chi connectivity index (χ1) is 10.7. The van der Waals surface area contributed by atoms with Crippen LogP contribution in [0.15, 0.2) is 54.7 Å². The summed E-state index contributed by atoms with van der Waals surface area (Å²) in [7, 11) is 1.60. The molecule has 0 aliphatic heterocycles. The highest BCUT2D eigenvalue weighted by Gasteiger charge is 2.12. The third kappa shape index (κ3) is 2.61. The number of aldehydes is 1. The largest absolute Gasteiger partial charge is 0.497 e. The minimum absolute atomic E-state index is 0.328.